The number of aromatic nitrogens is 2. The summed E-state index contributed by atoms with van der Waals surface area (Å²) in [7, 11) is 0. The molecule has 0 aliphatic heterocycles. The number of anilines is 1. The molecule has 0 bridgehead atoms. The SMILES string of the molecule is CCn1c(-c2ccc(Cl)c(Cl)c2)nc2c(N)cccc21. The molecule has 0 aliphatic carbocycles. The molecular formula is C15H13Cl2N3. The van der Waals surface area contributed by atoms with Crippen molar-refractivity contribution in [3.05, 3.63) is 46.4 Å². The largest absolute Gasteiger partial charge is 0.397 e. The molecule has 2 aromatic carbocycles. The molecule has 2 N–H and O–H groups in total. The van der Waals surface area contributed by atoms with Crippen LogP contribution in [0.2, 0.25) is 10.0 Å². The van der Waals surface area contributed by atoms with Gasteiger partial charge in [0.05, 0.1) is 21.2 Å². The van der Waals surface area contributed by atoms with Crippen LogP contribution in [-0.4, -0.2) is 9.55 Å². The molecule has 20 heavy (non-hydrogen) atoms. The van der Waals surface area contributed by atoms with Gasteiger partial charge in [0.2, 0.25) is 0 Å². The average molecular weight is 306 g/mol. The molecule has 0 fully saturated rings. The lowest BCUT2D eigenvalue weighted by Gasteiger charge is -2.07. The Hall–Kier alpha value is -1.71. The summed E-state index contributed by atoms with van der Waals surface area (Å²) in [6.45, 7) is 2.88. The minimum absolute atomic E-state index is 0.520. The predicted octanol–water partition coefficient (Wildman–Crippen LogP) is 4.61. The lowest BCUT2D eigenvalue weighted by Crippen LogP contribution is -1.97. The number of hydrogen-bond acceptors (Lipinski definition) is 2. The van der Waals surface area contributed by atoms with E-state index in [0.29, 0.717) is 15.7 Å². The maximum atomic E-state index is 6.10. The first kappa shape index (κ1) is 13.3. The van der Waals surface area contributed by atoms with Gasteiger partial charge in [-0.05, 0) is 37.3 Å². The smallest absolute Gasteiger partial charge is 0.141 e. The van der Waals surface area contributed by atoms with Crippen molar-refractivity contribution in [2.45, 2.75) is 13.5 Å². The Labute approximate surface area is 126 Å². The van der Waals surface area contributed by atoms with Gasteiger partial charge in [-0.25, -0.2) is 4.98 Å². The maximum Gasteiger partial charge on any atom is 0.141 e. The summed E-state index contributed by atoms with van der Waals surface area (Å²) in [6, 6.07) is 11.3. The highest BCUT2D eigenvalue weighted by atomic mass is 35.5. The molecule has 3 rings (SSSR count). The molecule has 1 heterocycles. The molecule has 3 nitrogen and oxygen atoms in total. The number of benzene rings is 2. The number of nitrogens with two attached hydrogens (primary N) is 1. The third-order valence-corrected chi connectivity index (χ3v) is 4.04. The minimum Gasteiger partial charge on any atom is -0.397 e. The van der Waals surface area contributed by atoms with Crippen molar-refractivity contribution >= 4 is 39.9 Å². The zero-order valence-corrected chi connectivity index (χ0v) is 12.4. The van der Waals surface area contributed by atoms with Crippen LogP contribution in [0.25, 0.3) is 22.4 Å². The van der Waals surface area contributed by atoms with Crippen molar-refractivity contribution in [1.82, 2.24) is 9.55 Å². The van der Waals surface area contributed by atoms with Crippen LogP contribution in [0.15, 0.2) is 36.4 Å². The van der Waals surface area contributed by atoms with Gasteiger partial charge in [0.15, 0.2) is 0 Å². The number of fused-ring (bicyclic) bond motifs is 1. The summed E-state index contributed by atoms with van der Waals surface area (Å²) in [5.41, 5.74) is 9.44. The first-order valence-corrected chi connectivity index (χ1v) is 7.07. The van der Waals surface area contributed by atoms with Gasteiger partial charge in [0, 0.05) is 12.1 Å². The predicted molar refractivity (Wildman–Crippen MR) is 85.3 cm³/mol. The molecule has 3 aromatic rings. The Morgan fingerprint density at radius 2 is 1.95 bits per heavy atom. The van der Waals surface area contributed by atoms with Gasteiger partial charge in [-0.2, -0.15) is 0 Å². The highest BCUT2D eigenvalue weighted by molar-refractivity contribution is 6.42. The highest BCUT2D eigenvalue weighted by Crippen LogP contribution is 2.31. The van der Waals surface area contributed by atoms with Gasteiger partial charge < -0.3 is 10.3 Å². The Morgan fingerprint density at radius 3 is 2.65 bits per heavy atom. The molecule has 102 valence electrons. The van der Waals surface area contributed by atoms with Gasteiger partial charge in [-0.15, -0.1) is 0 Å². The molecular weight excluding hydrogens is 293 g/mol. The summed E-state index contributed by atoms with van der Waals surface area (Å²) in [5, 5.41) is 1.06. The van der Waals surface area contributed by atoms with E-state index in [2.05, 4.69) is 16.5 Å². The fourth-order valence-electron chi connectivity index (χ4n) is 2.34. The van der Waals surface area contributed by atoms with Crippen LogP contribution < -0.4 is 5.73 Å². The summed E-state index contributed by atoms with van der Waals surface area (Å²) in [4.78, 5) is 4.66. The van der Waals surface area contributed by atoms with E-state index in [-0.39, 0.29) is 0 Å². The second kappa shape index (κ2) is 5.00. The number of nitrogen functional groups attached to an aromatic ring is 1. The van der Waals surface area contributed by atoms with Gasteiger partial charge in [0.25, 0.3) is 0 Å². The molecule has 5 heteroatoms. The summed E-state index contributed by atoms with van der Waals surface area (Å²) < 4.78 is 2.12. The minimum atomic E-state index is 0.520. The number of imidazole rings is 1. The lowest BCUT2D eigenvalue weighted by molar-refractivity contribution is 0.796. The Kier molecular flexibility index (Phi) is 3.32. The van der Waals surface area contributed by atoms with Crippen molar-refractivity contribution in [2.75, 3.05) is 5.73 Å². The number of rotatable bonds is 2. The molecule has 0 aliphatic rings. The Morgan fingerprint density at radius 1 is 1.15 bits per heavy atom. The molecule has 0 unspecified atom stereocenters. The van der Waals surface area contributed by atoms with E-state index in [1.165, 1.54) is 0 Å². The Bertz CT molecular complexity index is 793. The van der Waals surface area contributed by atoms with Gasteiger partial charge in [-0.1, -0.05) is 29.3 Å². The van der Waals surface area contributed by atoms with Crippen LogP contribution in [0.1, 0.15) is 6.92 Å². The molecule has 0 saturated heterocycles. The van der Waals surface area contributed by atoms with Crippen LogP contribution in [0.4, 0.5) is 5.69 Å². The van der Waals surface area contributed by atoms with Crippen LogP contribution in [0.3, 0.4) is 0 Å². The first-order chi connectivity index (χ1) is 9.61. The highest BCUT2D eigenvalue weighted by Gasteiger charge is 2.13. The van der Waals surface area contributed by atoms with E-state index in [1.54, 1.807) is 6.07 Å². The number of para-hydroxylation sites is 1. The summed E-state index contributed by atoms with van der Waals surface area (Å²) >= 11 is 12.1. The van der Waals surface area contributed by atoms with E-state index in [9.17, 15) is 0 Å². The molecule has 0 saturated carbocycles. The van der Waals surface area contributed by atoms with Gasteiger partial charge in [0.1, 0.15) is 11.3 Å². The summed E-state index contributed by atoms with van der Waals surface area (Å²) in [6.07, 6.45) is 0. The lowest BCUT2D eigenvalue weighted by atomic mass is 10.2. The van der Waals surface area contributed by atoms with Crippen LogP contribution in [-0.2, 0) is 6.54 Å². The van der Waals surface area contributed by atoms with Crippen molar-refractivity contribution in [3.8, 4) is 11.4 Å². The van der Waals surface area contributed by atoms with E-state index < -0.39 is 0 Å². The second-order valence-electron chi connectivity index (χ2n) is 4.52. The zero-order chi connectivity index (χ0) is 14.3. The normalized spacial score (nSPS) is 11.2. The van der Waals surface area contributed by atoms with E-state index in [1.807, 2.05) is 30.3 Å². The topological polar surface area (TPSA) is 43.8 Å². The maximum absolute atomic E-state index is 6.10. The van der Waals surface area contributed by atoms with Crippen LogP contribution in [0.5, 0.6) is 0 Å². The third-order valence-electron chi connectivity index (χ3n) is 3.30. The van der Waals surface area contributed by atoms with Crippen molar-refractivity contribution in [1.29, 1.82) is 0 Å². The molecule has 0 spiro atoms. The number of nitrogens with zero attached hydrogens (tertiary/aromatic N) is 2. The fraction of sp³-hybridized carbons (Fsp3) is 0.133. The van der Waals surface area contributed by atoms with E-state index in [4.69, 9.17) is 28.9 Å². The van der Waals surface area contributed by atoms with Crippen LogP contribution in [0, 0.1) is 0 Å². The van der Waals surface area contributed by atoms with Crippen molar-refractivity contribution in [2.24, 2.45) is 0 Å². The number of aryl methyl sites for hydroxylation is 1. The fourth-order valence-corrected chi connectivity index (χ4v) is 2.64. The second-order valence-corrected chi connectivity index (χ2v) is 5.34. The third kappa shape index (κ3) is 2.03. The quantitative estimate of drug-likeness (QED) is 0.702. The first-order valence-electron chi connectivity index (χ1n) is 6.32. The number of hydrogen-bond donors (Lipinski definition) is 1. The van der Waals surface area contributed by atoms with E-state index >= 15 is 0 Å². The average Bonchev–Trinajstić information content (AvgIpc) is 2.82. The zero-order valence-electron chi connectivity index (χ0n) is 10.9. The molecule has 0 amide bonds. The van der Waals surface area contributed by atoms with Gasteiger partial charge in [-0.3, -0.25) is 0 Å². The summed E-state index contributed by atoms with van der Waals surface area (Å²) in [5.74, 6) is 0.846. The Balaban J connectivity index is 2.30. The monoisotopic (exact) mass is 305 g/mol. The molecule has 1 aromatic heterocycles. The molecule has 0 atom stereocenters. The van der Waals surface area contributed by atoms with E-state index in [0.717, 1.165) is 29.0 Å². The number of halogens is 2. The standard InChI is InChI=1S/C15H13Cl2N3/c1-2-20-13-5-3-4-12(18)14(13)19-15(20)9-6-7-10(16)11(17)8-9/h3-8H,2,18H2,1H3. The molecule has 0 radical (unpaired) electrons. The van der Waals surface area contributed by atoms with Crippen molar-refractivity contribution < 1.29 is 0 Å². The van der Waals surface area contributed by atoms with Crippen LogP contribution >= 0.6 is 23.2 Å². The van der Waals surface area contributed by atoms with Crippen molar-refractivity contribution in [3.63, 3.8) is 0 Å². The van der Waals surface area contributed by atoms with Gasteiger partial charge >= 0.3 is 0 Å².